The van der Waals surface area contributed by atoms with Crippen molar-refractivity contribution in [3.63, 3.8) is 0 Å². The van der Waals surface area contributed by atoms with Crippen LogP contribution in [0.4, 0.5) is 0 Å². The van der Waals surface area contributed by atoms with E-state index >= 15 is 0 Å². The molecule has 1 amide bonds. The second-order valence-electron chi connectivity index (χ2n) is 6.06. The quantitative estimate of drug-likeness (QED) is 0.680. The van der Waals surface area contributed by atoms with Crippen LogP contribution in [-0.2, 0) is 20.6 Å². The van der Waals surface area contributed by atoms with Gasteiger partial charge in [0, 0.05) is 24.6 Å². The number of hydrogen-bond acceptors (Lipinski definition) is 5. The smallest absolute Gasteiger partial charge is 0.243 e. The lowest BCUT2D eigenvalue weighted by Gasteiger charge is -2.23. The van der Waals surface area contributed by atoms with Gasteiger partial charge in [-0.2, -0.15) is 27.4 Å². The van der Waals surface area contributed by atoms with Crippen molar-refractivity contribution in [2.45, 2.75) is 29.5 Å². The Morgan fingerprint density at radius 2 is 2.08 bits per heavy atom. The molecule has 0 spiro atoms. The Kier molecular flexibility index (Phi) is 6.74. The molecule has 1 aromatic heterocycles. The van der Waals surface area contributed by atoms with Gasteiger partial charge in [0.1, 0.15) is 6.04 Å². The molecule has 1 aromatic carbocycles. The van der Waals surface area contributed by atoms with E-state index in [2.05, 4.69) is 22.1 Å². The molecule has 1 aliphatic rings. The molecule has 1 saturated heterocycles. The molecule has 1 atom stereocenters. The van der Waals surface area contributed by atoms with Crippen molar-refractivity contribution >= 4 is 39.0 Å². The molecule has 26 heavy (non-hydrogen) atoms. The minimum atomic E-state index is -3.63. The van der Waals surface area contributed by atoms with E-state index in [9.17, 15) is 13.2 Å². The van der Waals surface area contributed by atoms with Gasteiger partial charge in [0.05, 0.1) is 4.90 Å². The van der Waals surface area contributed by atoms with E-state index in [0.717, 1.165) is 11.5 Å². The summed E-state index contributed by atoms with van der Waals surface area (Å²) in [6, 6.07) is 9.81. The number of thioether (sulfide) groups is 1. The van der Waals surface area contributed by atoms with Crippen molar-refractivity contribution in [3.05, 3.63) is 52.7 Å². The Balaban J connectivity index is 1.52. The largest absolute Gasteiger partial charge is 0.354 e. The third-order valence-electron chi connectivity index (χ3n) is 4.25. The summed E-state index contributed by atoms with van der Waals surface area (Å²) in [5, 5.41) is 7.07. The van der Waals surface area contributed by atoms with E-state index in [1.54, 1.807) is 53.4 Å². The molecule has 2 heterocycles. The van der Waals surface area contributed by atoms with Crippen LogP contribution in [0, 0.1) is 0 Å². The zero-order valence-corrected chi connectivity index (χ0v) is 16.8. The molecule has 8 heteroatoms. The van der Waals surface area contributed by atoms with Crippen LogP contribution < -0.4 is 5.32 Å². The average Bonchev–Trinajstić information content (AvgIpc) is 3.34. The number of sulfonamides is 1. The van der Waals surface area contributed by atoms with Crippen molar-refractivity contribution in [1.82, 2.24) is 9.62 Å². The summed E-state index contributed by atoms with van der Waals surface area (Å²) in [5.41, 5.74) is 1.29. The summed E-state index contributed by atoms with van der Waals surface area (Å²) in [6.45, 7) is 0.936. The molecule has 3 rings (SSSR count). The van der Waals surface area contributed by atoms with Crippen LogP contribution in [0.25, 0.3) is 0 Å². The Bertz CT molecular complexity index is 807. The number of carbonyl (C=O) groups excluding carboxylic acids is 1. The predicted octanol–water partition coefficient (Wildman–Crippen LogP) is 2.95. The standard InChI is InChI=1S/C18H22N2O3S3/c21-18(19-9-12-25-14-15-8-11-24-13-15)17-7-4-10-20(17)26(22,23)16-5-2-1-3-6-16/h1-3,5-6,8,11,13,17H,4,7,9-10,12,14H2,(H,19,21)/t17-/m0/s1. The zero-order valence-electron chi connectivity index (χ0n) is 14.3. The summed E-state index contributed by atoms with van der Waals surface area (Å²) >= 11 is 3.44. The fourth-order valence-electron chi connectivity index (χ4n) is 2.95. The van der Waals surface area contributed by atoms with Crippen molar-refractivity contribution in [3.8, 4) is 0 Å². The molecule has 1 N–H and O–H groups in total. The van der Waals surface area contributed by atoms with Gasteiger partial charge in [-0.25, -0.2) is 8.42 Å². The summed E-state index contributed by atoms with van der Waals surface area (Å²) in [5.74, 6) is 1.54. The fraction of sp³-hybridized carbons (Fsp3) is 0.389. The third kappa shape index (κ3) is 4.68. The van der Waals surface area contributed by atoms with Crippen LogP contribution in [0.1, 0.15) is 18.4 Å². The molecule has 0 saturated carbocycles. The van der Waals surface area contributed by atoms with Gasteiger partial charge in [-0.05, 0) is 47.4 Å². The zero-order chi connectivity index (χ0) is 18.4. The van der Waals surface area contributed by atoms with Crippen LogP contribution in [0.3, 0.4) is 0 Å². The summed E-state index contributed by atoms with van der Waals surface area (Å²) in [4.78, 5) is 12.7. The predicted molar refractivity (Wildman–Crippen MR) is 107 cm³/mol. The second-order valence-corrected chi connectivity index (χ2v) is 9.84. The van der Waals surface area contributed by atoms with Crippen molar-refractivity contribution < 1.29 is 13.2 Å². The van der Waals surface area contributed by atoms with Gasteiger partial charge in [-0.3, -0.25) is 4.79 Å². The van der Waals surface area contributed by atoms with Crippen LogP contribution in [0.15, 0.2) is 52.1 Å². The number of thiophene rings is 1. The molecular weight excluding hydrogens is 388 g/mol. The van der Waals surface area contributed by atoms with Crippen molar-refractivity contribution in [2.24, 2.45) is 0 Å². The Hall–Kier alpha value is -1.35. The fourth-order valence-corrected chi connectivity index (χ4v) is 6.20. The van der Waals surface area contributed by atoms with E-state index in [1.165, 1.54) is 9.87 Å². The minimum Gasteiger partial charge on any atom is -0.354 e. The Morgan fingerprint density at radius 3 is 2.81 bits per heavy atom. The van der Waals surface area contributed by atoms with E-state index in [4.69, 9.17) is 0 Å². The van der Waals surface area contributed by atoms with Crippen LogP contribution >= 0.6 is 23.1 Å². The number of amides is 1. The second kappa shape index (κ2) is 9.03. The molecule has 0 bridgehead atoms. The highest BCUT2D eigenvalue weighted by atomic mass is 32.2. The molecular formula is C18H22N2O3S3. The van der Waals surface area contributed by atoms with E-state index in [1.807, 2.05) is 0 Å². The van der Waals surface area contributed by atoms with Crippen LogP contribution in [0.5, 0.6) is 0 Å². The third-order valence-corrected chi connectivity index (χ3v) is 7.94. The number of benzene rings is 1. The highest BCUT2D eigenvalue weighted by molar-refractivity contribution is 7.98. The number of nitrogens with zero attached hydrogens (tertiary/aromatic N) is 1. The maximum Gasteiger partial charge on any atom is 0.243 e. The van der Waals surface area contributed by atoms with E-state index in [0.29, 0.717) is 25.9 Å². The number of nitrogens with one attached hydrogen (secondary N) is 1. The summed E-state index contributed by atoms with van der Waals surface area (Å²) in [6.07, 6.45) is 1.27. The molecule has 2 aromatic rings. The number of carbonyl (C=O) groups is 1. The van der Waals surface area contributed by atoms with Gasteiger partial charge in [0.25, 0.3) is 0 Å². The van der Waals surface area contributed by atoms with Gasteiger partial charge in [-0.15, -0.1) is 0 Å². The maximum absolute atomic E-state index is 12.8. The van der Waals surface area contributed by atoms with Gasteiger partial charge in [-0.1, -0.05) is 18.2 Å². The topological polar surface area (TPSA) is 66.5 Å². The highest BCUT2D eigenvalue weighted by Crippen LogP contribution is 2.26. The molecule has 140 valence electrons. The molecule has 1 fully saturated rings. The van der Waals surface area contributed by atoms with Crippen molar-refractivity contribution in [1.29, 1.82) is 0 Å². The van der Waals surface area contributed by atoms with Gasteiger partial charge < -0.3 is 5.32 Å². The summed E-state index contributed by atoms with van der Waals surface area (Å²) < 4.78 is 26.9. The molecule has 0 aliphatic carbocycles. The molecule has 5 nitrogen and oxygen atoms in total. The monoisotopic (exact) mass is 410 g/mol. The number of rotatable bonds is 8. The lowest BCUT2D eigenvalue weighted by Crippen LogP contribution is -2.46. The highest BCUT2D eigenvalue weighted by Gasteiger charge is 2.39. The Labute approximate surface area is 162 Å². The van der Waals surface area contributed by atoms with Crippen LogP contribution in [0.2, 0.25) is 0 Å². The SMILES string of the molecule is O=C(NCCSCc1ccsc1)[C@@H]1CCCN1S(=O)(=O)c1ccccc1. The number of hydrogen-bond donors (Lipinski definition) is 1. The first-order valence-corrected chi connectivity index (χ1v) is 12.1. The normalized spacial score (nSPS) is 18.1. The first-order chi connectivity index (χ1) is 12.6. The van der Waals surface area contributed by atoms with Gasteiger partial charge in [0.15, 0.2) is 0 Å². The van der Waals surface area contributed by atoms with E-state index < -0.39 is 16.1 Å². The Morgan fingerprint density at radius 1 is 1.27 bits per heavy atom. The van der Waals surface area contributed by atoms with E-state index in [-0.39, 0.29) is 10.8 Å². The summed E-state index contributed by atoms with van der Waals surface area (Å²) in [7, 11) is -3.63. The molecule has 0 radical (unpaired) electrons. The molecule has 0 unspecified atom stereocenters. The van der Waals surface area contributed by atoms with Gasteiger partial charge >= 0.3 is 0 Å². The first-order valence-electron chi connectivity index (χ1n) is 8.52. The lowest BCUT2D eigenvalue weighted by atomic mass is 10.2. The minimum absolute atomic E-state index is 0.196. The van der Waals surface area contributed by atoms with Crippen LogP contribution in [-0.4, -0.2) is 43.5 Å². The van der Waals surface area contributed by atoms with Gasteiger partial charge in [0.2, 0.25) is 15.9 Å². The first kappa shape index (κ1) is 19.4. The van der Waals surface area contributed by atoms with Crippen molar-refractivity contribution in [2.75, 3.05) is 18.8 Å². The maximum atomic E-state index is 12.8. The average molecular weight is 411 g/mol. The molecule has 1 aliphatic heterocycles. The lowest BCUT2D eigenvalue weighted by molar-refractivity contribution is -0.124.